The average molecular weight is 330 g/mol. The Balaban J connectivity index is 2.19. The summed E-state index contributed by atoms with van der Waals surface area (Å²) in [5.74, 6) is -0.952. The highest BCUT2D eigenvalue weighted by Gasteiger charge is 2.19. The fourth-order valence-corrected chi connectivity index (χ4v) is 2.59. The number of hydrogen-bond acceptors (Lipinski definition) is 3. The first kappa shape index (κ1) is 15.2. The molecular weight excluding hydrogens is 317 g/mol. The molecule has 0 fully saturated rings. The number of anilines is 1. The zero-order chi connectivity index (χ0) is 16.4. The molecule has 2 aromatic carbocycles. The van der Waals surface area contributed by atoms with E-state index in [0.717, 1.165) is 0 Å². The molecule has 0 atom stereocenters. The number of aliphatic imine (C=N–C) groups is 1. The van der Waals surface area contributed by atoms with Gasteiger partial charge in [-0.3, -0.25) is 9.79 Å². The van der Waals surface area contributed by atoms with Crippen molar-refractivity contribution < 1.29 is 9.18 Å². The summed E-state index contributed by atoms with van der Waals surface area (Å²) < 4.78 is 14.2. The van der Waals surface area contributed by atoms with Gasteiger partial charge in [0.2, 0.25) is 5.91 Å². The number of nitrogens with two attached hydrogens (primary N) is 1. The van der Waals surface area contributed by atoms with Crippen LogP contribution in [0.15, 0.2) is 59.2 Å². The van der Waals surface area contributed by atoms with E-state index in [9.17, 15) is 9.18 Å². The molecule has 0 saturated carbocycles. The van der Waals surface area contributed by atoms with E-state index in [4.69, 9.17) is 17.3 Å². The lowest BCUT2D eigenvalue weighted by molar-refractivity contribution is -0.113. The summed E-state index contributed by atoms with van der Waals surface area (Å²) in [6.45, 7) is 0.179. The van der Waals surface area contributed by atoms with Crippen molar-refractivity contribution in [2.75, 3.05) is 11.9 Å². The fraction of sp³-hybridized carbons (Fsp3) is 0.0588. The third kappa shape index (κ3) is 3.24. The molecule has 23 heavy (non-hydrogen) atoms. The lowest BCUT2D eigenvalue weighted by atomic mass is 10.00. The molecule has 116 valence electrons. The van der Waals surface area contributed by atoms with Crippen LogP contribution in [0.5, 0.6) is 0 Å². The van der Waals surface area contributed by atoms with Crippen molar-refractivity contribution in [1.29, 1.82) is 0 Å². The van der Waals surface area contributed by atoms with Crippen LogP contribution in [-0.4, -0.2) is 18.2 Å². The van der Waals surface area contributed by atoms with Gasteiger partial charge < -0.3 is 11.1 Å². The minimum absolute atomic E-state index is 0.179. The number of benzodiazepines with no additional fused rings is 1. The maximum absolute atomic E-state index is 14.2. The summed E-state index contributed by atoms with van der Waals surface area (Å²) in [5.41, 5.74) is 7.93. The van der Waals surface area contributed by atoms with E-state index in [1.54, 1.807) is 36.4 Å². The standard InChI is InChI=1S/C17H13ClFN3O/c18-10-5-6-15-13(7-10)17(12-3-1-2-4-14(12)19)21-9-11(22-15)8-16(20)23/h1-8,22H,9H2,(H2,20,23)/b11-8+. The number of primary amides is 1. The molecule has 0 saturated heterocycles. The normalized spacial score (nSPS) is 15.4. The van der Waals surface area contributed by atoms with E-state index in [2.05, 4.69) is 10.3 Å². The van der Waals surface area contributed by atoms with Gasteiger partial charge in [-0.1, -0.05) is 23.7 Å². The second-order valence-electron chi connectivity index (χ2n) is 5.03. The predicted molar refractivity (Wildman–Crippen MR) is 89.3 cm³/mol. The number of carbonyl (C=O) groups excluding carboxylic acids is 1. The Labute approximate surface area is 137 Å². The van der Waals surface area contributed by atoms with E-state index in [1.165, 1.54) is 12.1 Å². The molecule has 4 nitrogen and oxygen atoms in total. The average Bonchev–Trinajstić information content (AvgIpc) is 2.66. The number of rotatable bonds is 2. The SMILES string of the molecule is NC(=O)/C=C1\CN=C(c2ccccc2F)c2cc(Cl)ccc2N1. The van der Waals surface area contributed by atoms with Gasteiger partial charge in [-0.25, -0.2) is 4.39 Å². The maximum Gasteiger partial charge on any atom is 0.243 e. The Morgan fingerprint density at radius 1 is 1.26 bits per heavy atom. The number of amides is 1. The van der Waals surface area contributed by atoms with E-state index < -0.39 is 5.91 Å². The molecule has 0 radical (unpaired) electrons. The van der Waals surface area contributed by atoms with E-state index >= 15 is 0 Å². The van der Waals surface area contributed by atoms with E-state index in [-0.39, 0.29) is 12.4 Å². The third-order valence-electron chi connectivity index (χ3n) is 3.38. The largest absolute Gasteiger partial charge is 0.366 e. The minimum atomic E-state index is -0.576. The molecule has 0 spiro atoms. The molecule has 1 aliphatic rings. The molecule has 1 aliphatic heterocycles. The summed E-state index contributed by atoms with van der Waals surface area (Å²) in [4.78, 5) is 15.6. The molecule has 0 bridgehead atoms. The van der Waals surface area contributed by atoms with Gasteiger partial charge in [-0.05, 0) is 30.3 Å². The van der Waals surface area contributed by atoms with Gasteiger partial charge in [0.05, 0.1) is 12.3 Å². The molecule has 1 heterocycles. The number of fused-ring (bicyclic) bond motifs is 1. The van der Waals surface area contributed by atoms with Crippen LogP contribution in [0.1, 0.15) is 11.1 Å². The Bertz CT molecular complexity index is 845. The van der Waals surface area contributed by atoms with Gasteiger partial charge in [0.15, 0.2) is 0 Å². The van der Waals surface area contributed by atoms with Gasteiger partial charge in [0.1, 0.15) is 5.82 Å². The van der Waals surface area contributed by atoms with Crippen LogP contribution in [0.4, 0.5) is 10.1 Å². The number of carbonyl (C=O) groups is 1. The smallest absolute Gasteiger partial charge is 0.243 e. The van der Waals surface area contributed by atoms with Gasteiger partial charge in [-0.2, -0.15) is 0 Å². The lowest BCUT2D eigenvalue weighted by Crippen LogP contribution is -2.11. The minimum Gasteiger partial charge on any atom is -0.366 e. The summed E-state index contributed by atoms with van der Waals surface area (Å²) in [6.07, 6.45) is 1.27. The van der Waals surface area contributed by atoms with Crippen LogP contribution in [0.25, 0.3) is 0 Å². The summed E-state index contributed by atoms with van der Waals surface area (Å²) in [6, 6.07) is 11.6. The number of halogens is 2. The van der Waals surface area contributed by atoms with Gasteiger partial charge in [0.25, 0.3) is 0 Å². The van der Waals surface area contributed by atoms with Gasteiger partial charge in [0, 0.05) is 33.6 Å². The molecular formula is C17H13ClFN3O. The van der Waals surface area contributed by atoms with E-state index in [1.807, 2.05) is 0 Å². The molecule has 6 heteroatoms. The Kier molecular flexibility index (Phi) is 4.12. The Hall–Kier alpha value is -2.66. The molecule has 0 unspecified atom stereocenters. The van der Waals surface area contributed by atoms with Crippen molar-refractivity contribution in [1.82, 2.24) is 0 Å². The highest BCUT2D eigenvalue weighted by atomic mass is 35.5. The van der Waals surface area contributed by atoms with Crippen molar-refractivity contribution in [3.8, 4) is 0 Å². The molecule has 3 rings (SSSR count). The molecule has 2 aromatic rings. The first-order valence-corrected chi connectivity index (χ1v) is 7.28. The zero-order valence-corrected chi connectivity index (χ0v) is 12.8. The van der Waals surface area contributed by atoms with Crippen LogP contribution < -0.4 is 11.1 Å². The van der Waals surface area contributed by atoms with Crippen molar-refractivity contribution in [3.05, 3.63) is 76.2 Å². The Morgan fingerprint density at radius 2 is 2.04 bits per heavy atom. The van der Waals surface area contributed by atoms with Crippen molar-refractivity contribution >= 4 is 28.9 Å². The van der Waals surface area contributed by atoms with Crippen molar-refractivity contribution in [3.63, 3.8) is 0 Å². The van der Waals surface area contributed by atoms with Crippen LogP contribution in [0.3, 0.4) is 0 Å². The number of benzene rings is 2. The third-order valence-corrected chi connectivity index (χ3v) is 3.62. The number of nitrogens with zero attached hydrogens (tertiary/aromatic N) is 1. The summed E-state index contributed by atoms with van der Waals surface area (Å²) in [5, 5.41) is 3.61. The molecule has 1 amide bonds. The second-order valence-corrected chi connectivity index (χ2v) is 5.47. The zero-order valence-electron chi connectivity index (χ0n) is 12.0. The monoisotopic (exact) mass is 329 g/mol. The topological polar surface area (TPSA) is 67.5 Å². The molecule has 0 aromatic heterocycles. The quantitative estimate of drug-likeness (QED) is 0.831. The first-order chi connectivity index (χ1) is 11.0. The van der Waals surface area contributed by atoms with Crippen LogP contribution in [0.2, 0.25) is 5.02 Å². The van der Waals surface area contributed by atoms with Crippen LogP contribution in [-0.2, 0) is 4.79 Å². The van der Waals surface area contributed by atoms with Crippen LogP contribution in [0, 0.1) is 5.82 Å². The highest BCUT2D eigenvalue weighted by molar-refractivity contribution is 6.31. The van der Waals surface area contributed by atoms with Gasteiger partial charge >= 0.3 is 0 Å². The molecule has 3 N–H and O–H groups in total. The lowest BCUT2D eigenvalue weighted by Gasteiger charge is -2.12. The van der Waals surface area contributed by atoms with Crippen molar-refractivity contribution in [2.45, 2.75) is 0 Å². The first-order valence-electron chi connectivity index (χ1n) is 6.91. The number of nitrogens with one attached hydrogen (secondary N) is 1. The van der Waals surface area contributed by atoms with Crippen molar-refractivity contribution in [2.24, 2.45) is 10.7 Å². The van der Waals surface area contributed by atoms with Gasteiger partial charge in [-0.15, -0.1) is 0 Å². The summed E-state index contributed by atoms with van der Waals surface area (Å²) >= 11 is 6.08. The highest BCUT2D eigenvalue weighted by Crippen LogP contribution is 2.28. The second kappa shape index (κ2) is 6.22. The maximum atomic E-state index is 14.2. The fourth-order valence-electron chi connectivity index (χ4n) is 2.42. The van der Waals surface area contributed by atoms with E-state index in [0.29, 0.717) is 33.2 Å². The summed E-state index contributed by atoms with van der Waals surface area (Å²) in [7, 11) is 0. The van der Waals surface area contributed by atoms with Crippen LogP contribution >= 0.6 is 11.6 Å². The Morgan fingerprint density at radius 3 is 2.78 bits per heavy atom. The predicted octanol–water partition coefficient (Wildman–Crippen LogP) is 3.11. The molecule has 0 aliphatic carbocycles. The number of hydrogen-bond donors (Lipinski definition) is 2.